The normalized spacial score (nSPS) is 18.7. The molecule has 0 aliphatic heterocycles. The van der Waals surface area contributed by atoms with Crippen LogP contribution >= 0.6 is 0 Å². The Morgan fingerprint density at radius 1 is 1.39 bits per heavy atom. The molecular formula is C12H16N4O2. The summed E-state index contributed by atoms with van der Waals surface area (Å²) in [6, 6.07) is 3.73. The molecule has 96 valence electrons. The molecule has 2 fully saturated rings. The lowest BCUT2D eigenvalue weighted by atomic mass is 10.3. The van der Waals surface area contributed by atoms with Gasteiger partial charge in [-0.2, -0.15) is 0 Å². The second-order valence-corrected chi connectivity index (χ2v) is 5.16. The van der Waals surface area contributed by atoms with Crippen LogP contribution in [0.15, 0.2) is 12.1 Å². The van der Waals surface area contributed by atoms with Crippen LogP contribution in [0.25, 0.3) is 0 Å². The first-order valence-electron chi connectivity index (χ1n) is 6.32. The SMILES string of the molecule is Nc1nc(N(CC2CC2)C2CC2)ccc1[N+](=O)[O-]. The van der Waals surface area contributed by atoms with E-state index < -0.39 is 4.92 Å². The van der Waals surface area contributed by atoms with Crippen LogP contribution in [-0.4, -0.2) is 22.5 Å². The number of nitrogens with zero attached hydrogens (tertiary/aromatic N) is 3. The molecule has 0 bridgehead atoms. The number of hydrogen-bond acceptors (Lipinski definition) is 5. The van der Waals surface area contributed by atoms with Crippen molar-refractivity contribution in [1.29, 1.82) is 0 Å². The monoisotopic (exact) mass is 248 g/mol. The number of rotatable bonds is 5. The molecule has 2 aliphatic carbocycles. The Morgan fingerprint density at radius 2 is 2.11 bits per heavy atom. The number of nitrogens with two attached hydrogens (primary N) is 1. The summed E-state index contributed by atoms with van der Waals surface area (Å²) in [6.07, 6.45) is 4.94. The molecule has 0 amide bonds. The minimum atomic E-state index is -0.492. The van der Waals surface area contributed by atoms with Crippen LogP contribution in [0.4, 0.5) is 17.3 Å². The number of aromatic nitrogens is 1. The summed E-state index contributed by atoms with van der Waals surface area (Å²) in [7, 11) is 0. The lowest BCUT2D eigenvalue weighted by Gasteiger charge is -2.23. The van der Waals surface area contributed by atoms with Gasteiger partial charge in [0.05, 0.1) is 4.92 Å². The van der Waals surface area contributed by atoms with E-state index in [4.69, 9.17) is 5.73 Å². The Morgan fingerprint density at radius 3 is 2.61 bits per heavy atom. The van der Waals surface area contributed by atoms with E-state index in [2.05, 4.69) is 9.88 Å². The number of nitro groups is 1. The van der Waals surface area contributed by atoms with Crippen molar-refractivity contribution in [2.75, 3.05) is 17.2 Å². The van der Waals surface area contributed by atoms with Crippen molar-refractivity contribution in [3.05, 3.63) is 22.2 Å². The predicted molar refractivity (Wildman–Crippen MR) is 68.4 cm³/mol. The zero-order valence-electron chi connectivity index (χ0n) is 10.1. The zero-order chi connectivity index (χ0) is 12.7. The summed E-state index contributed by atoms with van der Waals surface area (Å²) in [5, 5.41) is 10.7. The van der Waals surface area contributed by atoms with Crippen LogP contribution in [-0.2, 0) is 0 Å². The summed E-state index contributed by atoms with van der Waals surface area (Å²) in [5.74, 6) is 1.57. The third kappa shape index (κ3) is 2.23. The topological polar surface area (TPSA) is 85.3 Å². The van der Waals surface area contributed by atoms with Gasteiger partial charge in [0, 0.05) is 18.7 Å². The maximum Gasteiger partial charge on any atom is 0.311 e. The molecule has 1 aromatic rings. The van der Waals surface area contributed by atoms with Crippen molar-refractivity contribution < 1.29 is 4.92 Å². The maximum atomic E-state index is 10.7. The van der Waals surface area contributed by atoms with Gasteiger partial charge in [-0.25, -0.2) is 4.98 Å². The fourth-order valence-corrected chi connectivity index (χ4v) is 2.17. The summed E-state index contributed by atoms with van der Waals surface area (Å²) in [6.45, 7) is 1.01. The lowest BCUT2D eigenvalue weighted by molar-refractivity contribution is -0.384. The molecule has 1 aromatic heterocycles. The third-order valence-corrected chi connectivity index (χ3v) is 3.52. The lowest BCUT2D eigenvalue weighted by Crippen LogP contribution is -2.29. The van der Waals surface area contributed by atoms with E-state index in [0.717, 1.165) is 18.3 Å². The molecule has 6 heteroatoms. The highest BCUT2D eigenvalue weighted by molar-refractivity contribution is 5.58. The third-order valence-electron chi connectivity index (χ3n) is 3.52. The average Bonchev–Trinajstić information content (AvgIpc) is 3.18. The van der Waals surface area contributed by atoms with Gasteiger partial charge in [-0.15, -0.1) is 0 Å². The van der Waals surface area contributed by atoms with Gasteiger partial charge in [0.2, 0.25) is 5.82 Å². The number of anilines is 2. The highest BCUT2D eigenvalue weighted by Crippen LogP contribution is 2.37. The Hall–Kier alpha value is -1.85. The average molecular weight is 248 g/mol. The van der Waals surface area contributed by atoms with Gasteiger partial charge in [-0.3, -0.25) is 10.1 Å². The smallest absolute Gasteiger partial charge is 0.311 e. The van der Waals surface area contributed by atoms with Crippen LogP contribution in [0, 0.1) is 16.0 Å². The standard InChI is InChI=1S/C12H16N4O2/c13-12-10(16(17)18)5-6-11(14-12)15(9-3-4-9)7-8-1-2-8/h5-6,8-9H,1-4,7H2,(H2,13,14). The van der Waals surface area contributed by atoms with Gasteiger partial charge < -0.3 is 10.6 Å². The van der Waals surface area contributed by atoms with Crippen LogP contribution in [0.5, 0.6) is 0 Å². The Kier molecular flexibility index (Phi) is 2.57. The van der Waals surface area contributed by atoms with Gasteiger partial charge in [0.1, 0.15) is 5.82 Å². The van der Waals surface area contributed by atoms with E-state index in [1.54, 1.807) is 6.07 Å². The highest BCUT2D eigenvalue weighted by atomic mass is 16.6. The van der Waals surface area contributed by atoms with E-state index in [9.17, 15) is 10.1 Å². The number of pyridine rings is 1. The fourth-order valence-electron chi connectivity index (χ4n) is 2.17. The van der Waals surface area contributed by atoms with Crippen molar-refractivity contribution >= 4 is 17.3 Å². The highest BCUT2D eigenvalue weighted by Gasteiger charge is 2.34. The minimum absolute atomic E-state index is 0.0129. The molecule has 0 spiro atoms. The molecule has 0 radical (unpaired) electrons. The molecule has 2 aliphatic rings. The van der Waals surface area contributed by atoms with Crippen molar-refractivity contribution in [2.24, 2.45) is 5.92 Å². The van der Waals surface area contributed by atoms with E-state index in [0.29, 0.717) is 6.04 Å². The molecular weight excluding hydrogens is 232 g/mol. The Bertz CT molecular complexity index is 483. The zero-order valence-corrected chi connectivity index (χ0v) is 10.1. The molecule has 6 nitrogen and oxygen atoms in total. The largest absolute Gasteiger partial charge is 0.378 e. The van der Waals surface area contributed by atoms with Crippen molar-refractivity contribution in [3.63, 3.8) is 0 Å². The molecule has 18 heavy (non-hydrogen) atoms. The van der Waals surface area contributed by atoms with Crippen molar-refractivity contribution in [3.8, 4) is 0 Å². The van der Waals surface area contributed by atoms with Crippen molar-refractivity contribution in [1.82, 2.24) is 4.98 Å². The molecule has 3 rings (SSSR count). The van der Waals surface area contributed by atoms with Crippen LogP contribution in [0.3, 0.4) is 0 Å². The molecule has 2 saturated carbocycles. The van der Waals surface area contributed by atoms with E-state index in [1.807, 2.05) is 0 Å². The van der Waals surface area contributed by atoms with Gasteiger partial charge in [0.15, 0.2) is 0 Å². The van der Waals surface area contributed by atoms with E-state index in [-0.39, 0.29) is 11.5 Å². The molecule has 0 unspecified atom stereocenters. The quantitative estimate of drug-likeness (QED) is 0.635. The number of nitrogen functional groups attached to an aromatic ring is 1. The van der Waals surface area contributed by atoms with Crippen LogP contribution in [0.1, 0.15) is 25.7 Å². The molecule has 0 aromatic carbocycles. The summed E-state index contributed by atoms with van der Waals surface area (Å²) < 4.78 is 0. The first-order valence-corrected chi connectivity index (χ1v) is 6.32. The summed E-state index contributed by atoms with van der Waals surface area (Å²) >= 11 is 0. The molecule has 2 N–H and O–H groups in total. The molecule has 0 atom stereocenters. The first kappa shape index (κ1) is 11.3. The molecule has 0 saturated heterocycles. The van der Waals surface area contributed by atoms with Crippen LogP contribution in [0.2, 0.25) is 0 Å². The predicted octanol–water partition coefficient (Wildman–Crippen LogP) is 1.95. The van der Waals surface area contributed by atoms with Gasteiger partial charge >= 0.3 is 5.69 Å². The second-order valence-electron chi connectivity index (χ2n) is 5.16. The van der Waals surface area contributed by atoms with E-state index >= 15 is 0 Å². The first-order chi connectivity index (χ1) is 8.65. The summed E-state index contributed by atoms with van der Waals surface area (Å²) in [4.78, 5) is 16.7. The molecule has 1 heterocycles. The number of hydrogen-bond donors (Lipinski definition) is 1. The van der Waals surface area contributed by atoms with Crippen LogP contribution < -0.4 is 10.6 Å². The second kappa shape index (κ2) is 4.12. The van der Waals surface area contributed by atoms with Crippen molar-refractivity contribution in [2.45, 2.75) is 31.7 Å². The maximum absolute atomic E-state index is 10.7. The van der Waals surface area contributed by atoms with E-state index in [1.165, 1.54) is 31.7 Å². The van der Waals surface area contributed by atoms with Gasteiger partial charge in [-0.1, -0.05) is 0 Å². The fraction of sp³-hybridized carbons (Fsp3) is 0.583. The van der Waals surface area contributed by atoms with Gasteiger partial charge in [0.25, 0.3) is 0 Å². The Balaban J connectivity index is 1.84. The summed E-state index contributed by atoms with van der Waals surface area (Å²) in [5.41, 5.74) is 5.54. The Labute approximate surface area is 105 Å². The van der Waals surface area contributed by atoms with Gasteiger partial charge in [-0.05, 0) is 37.7 Å². The minimum Gasteiger partial charge on any atom is -0.378 e.